The summed E-state index contributed by atoms with van der Waals surface area (Å²) in [5.41, 5.74) is 0.582. The molecule has 106 valence electrons. The van der Waals surface area contributed by atoms with Gasteiger partial charge < -0.3 is 0 Å². The number of rotatable bonds is 5. The van der Waals surface area contributed by atoms with Gasteiger partial charge in [0.2, 0.25) is 5.13 Å². The fourth-order valence-corrected chi connectivity index (χ4v) is 3.83. The predicted octanol–water partition coefficient (Wildman–Crippen LogP) is 4.44. The Morgan fingerprint density at radius 2 is 2.20 bits per heavy atom. The molecule has 1 amide bonds. The Morgan fingerprint density at radius 1 is 1.45 bits per heavy atom. The second-order valence-corrected chi connectivity index (χ2v) is 7.66. The summed E-state index contributed by atoms with van der Waals surface area (Å²) in [5.74, 6) is -0.186. The number of aromatic nitrogens is 2. The van der Waals surface area contributed by atoms with Gasteiger partial charge in [-0.2, -0.15) is 0 Å². The quantitative estimate of drug-likeness (QED) is 0.623. The Balaban J connectivity index is 2.04. The Bertz CT molecular complexity index is 603. The van der Waals surface area contributed by atoms with Gasteiger partial charge in [0.15, 0.2) is 4.34 Å². The lowest BCUT2D eigenvalue weighted by Crippen LogP contribution is -2.12. The number of hydrogen-bond acceptors (Lipinski definition) is 5. The van der Waals surface area contributed by atoms with Crippen molar-refractivity contribution < 1.29 is 4.79 Å². The summed E-state index contributed by atoms with van der Waals surface area (Å²) in [4.78, 5) is 12.1. The van der Waals surface area contributed by atoms with E-state index in [1.54, 1.807) is 17.8 Å². The van der Waals surface area contributed by atoms with Crippen molar-refractivity contribution >= 4 is 50.1 Å². The van der Waals surface area contributed by atoms with Crippen molar-refractivity contribution in [3.8, 4) is 0 Å². The van der Waals surface area contributed by atoms with Crippen molar-refractivity contribution in [3.05, 3.63) is 34.3 Å². The van der Waals surface area contributed by atoms with E-state index in [-0.39, 0.29) is 5.91 Å². The molecule has 0 radical (unpaired) electrons. The van der Waals surface area contributed by atoms with Crippen molar-refractivity contribution in [2.45, 2.75) is 29.9 Å². The first-order valence-electron chi connectivity index (χ1n) is 6.16. The van der Waals surface area contributed by atoms with E-state index in [0.717, 1.165) is 15.2 Å². The van der Waals surface area contributed by atoms with Crippen LogP contribution in [0, 0.1) is 0 Å². The molecule has 0 saturated heterocycles. The monoisotopic (exact) mass is 371 g/mol. The average Bonchev–Trinajstić information content (AvgIpc) is 2.86. The van der Waals surface area contributed by atoms with Crippen molar-refractivity contribution in [2.24, 2.45) is 0 Å². The first-order chi connectivity index (χ1) is 9.60. The number of anilines is 1. The van der Waals surface area contributed by atoms with Crippen LogP contribution >= 0.6 is 39.0 Å². The zero-order valence-electron chi connectivity index (χ0n) is 11.1. The van der Waals surface area contributed by atoms with Crippen molar-refractivity contribution in [1.82, 2.24) is 10.2 Å². The summed E-state index contributed by atoms with van der Waals surface area (Å²) >= 11 is 6.43. The highest BCUT2D eigenvalue weighted by Crippen LogP contribution is 2.30. The van der Waals surface area contributed by atoms with E-state index in [1.165, 1.54) is 11.3 Å². The minimum atomic E-state index is -0.186. The summed E-state index contributed by atoms with van der Waals surface area (Å²) in [7, 11) is 0. The maximum Gasteiger partial charge on any atom is 0.258 e. The Labute approximate surface area is 134 Å². The molecule has 1 atom stereocenters. The molecular formula is C13H14BrN3OS2. The highest BCUT2D eigenvalue weighted by Gasteiger charge is 2.13. The van der Waals surface area contributed by atoms with E-state index >= 15 is 0 Å². The molecule has 0 aliphatic heterocycles. The van der Waals surface area contributed by atoms with E-state index in [1.807, 2.05) is 18.2 Å². The number of nitrogens with zero attached hydrogens (tertiary/aromatic N) is 2. The molecule has 1 N–H and O–H groups in total. The number of carbonyl (C=O) groups is 1. The van der Waals surface area contributed by atoms with Gasteiger partial charge in [-0.15, -0.1) is 10.2 Å². The minimum Gasteiger partial charge on any atom is -0.296 e. The van der Waals surface area contributed by atoms with Crippen LogP contribution < -0.4 is 5.32 Å². The largest absolute Gasteiger partial charge is 0.296 e. The van der Waals surface area contributed by atoms with Gasteiger partial charge in [0.25, 0.3) is 5.91 Å². The molecule has 0 bridgehead atoms. The Morgan fingerprint density at radius 3 is 2.90 bits per heavy atom. The van der Waals surface area contributed by atoms with E-state index in [4.69, 9.17) is 0 Å². The number of nitrogens with one attached hydrogen (secondary N) is 1. The van der Waals surface area contributed by atoms with Gasteiger partial charge in [0.05, 0.1) is 5.56 Å². The smallest absolute Gasteiger partial charge is 0.258 e. The van der Waals surface area contributed by atoms with Crippen molar-refractivity contribution in [3.63, 3.8) is 0 Å². The highest BCUT2D eigenvalue weighted by molar-refractivity contribution is 9.10. The predicted molar refractivity (Wildman–Crippen MR) is 87.6 cm³/mol. The lowest BCUT2D eigenvalue weighted by Gasteiger charge is -2.03. The number of hydrogen-bond donors (Lipinski definition) is 1. The van der Waals surface area contributed by atoms with Crippen molar-refractivity contribution in [1.29, 1.82) is 0 Å². The van der Waals surface area contributed by atoms with Crippen LogP contribution in [0.5, 0.6) is 0 Å². The second-order valence-electron chi connectivity index (χ2n) is 4.14. The van der Waals surface area contributed by atoms with Gasteiger partial charge in [-0.05, 0) is 34.5 Å². The number of thioether (sulfide) groups is 1. The van der Waals surface area contributed by atoms with Crippen LogP contribution in [0.25, 0.3) is 0 Å². The normalized spacial score (nSPS) is 12.2. The minimum absolute atomic E-state index is 0.186. The van der Waals surface area contributed by atoms with Gasteiger partial charge in [0, 0.05) is 9.72 Å². The molecule has 20 heavy (non-hydrogen) atoms. The summed E-state index contributed by atoms with van der Waals surface area (Å²) in [6.45, 7) is 4.28. The van der Waals surface area contributed by atoms with E-state index in [2.05, 4.69) is 45.3 Å². The molecule has 7 heteroatoms. The molecule has 1 aromatic heterocycles. The van der Waals surface area contributed by atoms with Crippen LogP contribution in [-0.4, -0.2) is 21.4 Å². The number of benzene rings is 1. The molecule has 0 aliphatic rings. The lowest BCUT2D eigenvalue weighted by molar-refractivity contribution is 0.102. The Kier molecular flexibility index (Phi) is 5.56. The summed E-state index contributed by atoms with van der Waals surface area (Å²) in [6, 6.07) is 7.28. The van der Waals surface area contributed by atoms with Gasteiger partial charge in [0.1, 0.15) is 0 Å². The first kappa shape index (κ1) is 15.5. The molecule has 0 spiro atoms. The van der Waals surface area contributed by atoms with Crippen molar-refractivity contribution in [2.75, 3.05) is 5.32 Å². The molecular weight excluding hydrogens is 358 g/mol. The van der Waals surface area contributed by atoms with Crippen LogP contribution in [0.1, 0.15) is 30.6 Å². The molecule has 0 saturated carbocycles. The summed E-state index contributed by atoms with van der Waals surface area (Å²) in [6.07, 6.45) is 1.07. The number of amides is 1. The van der Waals surface area contributed by atoms with Crippen LogP contribution in [0.3, 0.4) is 0 Å². The fraction of sp³-hybridized carbons (Fsp3) is 0.308. The van der Waals surface area contributed by atoms with Crippen LogP contribution in [0.2, 0.25) is 0 Å². The molecule has 0 aliphatic carbocycles. The zero-order chi connectivity index (χ0) is 14.5. The third kappa shape index (κ3) is 4.04. The maximum atomic E-state index is 12.1. The SMILES string of the molecule is CCC(C)Sc1nnc(NC(=O)c2ccccc2Br)s1. The van der Waals surface area contributed by atoms with Gasteiger partial charge in [-0.3, -0.25) is 10.1 Å². The number of halogens is 1. The molecule has 1 heterocycles. The van der Waals surface area contributed by atoms with Gasteiger partial charge in [-0.25, -0.2) is 0 Å². The third-order valence-corrected chi connectivity index (χ3v) is 5.50. The standard InChI is InChI=1S/C13H14BrN3OS2/c1-3-8(2)19-13-17-16-12(20-13)15-11(18)9-6-4-5-7-10(9)14/h4-8H,3H2,1-2H3,(H,15,16,18). The average molecular weight is 372 g/mol. The Hall–Kier alpha value is -0.920. The summed E-state index contributed by atoms with van der Waals surface area (Å²) < 4.78 is 1.64. The van der Waals surface area contributed by atoms with E-state index < -0.39 is 0 Å². The topological polar surface area (TPSA) is 54.9 Å². The van der Waals surface area contributed by atoms with E-state index in [0.29, 0.717) is 15.9 Å². The molecule has 2 rings (SSSR count). The summed E-state index contributed by atoms with van der Waals surface area (Å²) in [5, 5.41) is 11.9. The lowest BCUT2D eigenvalue weighted by atomic mass is 10.2. The fourth-order valence-electron chi connectivity index (χ4n) is 1.37. The van der Waals surface area contributed by atoms with Gasteiger partial charge in [-0.1, -0.05) is 49.1 Å². The zero-order valence-corrected chi connectivity index (χ0v) is 14.3. The number of carbonyl (C=O) groups excluding carboxylic acids is 1. The maximum absolute atomic E-state index is 12.1. The van der Waals surface area contributed by atoms with E-state index in [9.17, 15) is 4.79 Å². The molecule has 1 aromatic carbocycles. The van der Waals surface area contributed by atoms with Crippen LogP contribution in [0.15, 0.2) is 33.1 Å². The molecule has 4 nitrogen and oxygen atoms in total. The van der Waals surface area contributed by atoms with Gasteiger partial charge >= 0.3 is 0 Å². The molecule has 1 unspecified atom stereocenters. The first-order valence-corrected chi connectivity index (χ1v) is 8.65. The molecule has 2 aromatic rings. The third-order valence-electron chi connectivity index (χ3n) is 2.62. The molecule has 0 fully saturated rings. The highest BCUT2D eigenvalue weighted by atomic mass is 79.9. The van der Waals surface area contributed by atoms with Crippen LogP contribution in [-0.2, 0) is 0 Å². The van der Waals surface area contributed by atoms with Crippen LogP contribution in [0.4, 0.5) is 5.13 Å². The second kappa shape index (κ2) is 7.19.